The summed E-state index contributed by atoms with van der Waals surface area (Å²) < 4.78 is 4.94. The molecular weight excluding hydrogens is 239 g/mol. The van der Waals surface area contributed by atoms with Crippen LogP contribution in [0.3, 0.4) is 0 Å². The molecule has 4 nitrogen and oxygen atoms in total. The van der Waals surface area contributed by atoms with Gasteiger partial charge in [0.15, 0.2) is 0 Å². The number of carbonyl (C=O) groups is 1. The van der Waals surface area contributed by atoms with E-state index in [0.29, 0.717) is 18.8 Å². The fourth-order valence-electron chi connectivity index (χ4n) is 1.13. The zero-order valence-electron chi connectivity index (χ0n) is 7.67. The summed E-state index contributed by atoms with van der Waals surface area (Å²) in [6, 6.07) is 1.58. The van der Waals surface area contributed by atoms with Gasteiger partial charge in [0.05, 0.1) is 29.8 Å². The Morgan fingerprint density at radius 2 is 2.27 bits per heavy atom. The number of amides is 1. The lowest BCUT2D eigenvalue weighted by Crippen LogP contribution is -2.48. The van der Waals surface area contributed by atoms with Crippen molar-refractivity contribution in [1.82, 2.24) is 10.3 Å². The van der Waals surface area contributed by atoms with Gasteiger partial charge >= 0.3 is 0 Å². The van der Waals surface area contributed by atoms with Gasteiger partial charge in [-0.2, -0.15) is 0 Å². The number of pyridine rings is 1. The van der Waals surface area contributed by atoms with Crippen LogP contribution in [-0.4, -0.2) is 30.1 Å². The molecule has 0 atom stereocenters. The van der Waals surface area contributed by atoms with Gasteiger partial charge in [0, 0.05) is 6.20 Å². The zero-order valence-corrected chi connectivity index (χ0v) is 9.18. The third kappa shape index (κ3) is 2.40. The monoisotopic (exact) mass is 246 g/mol. The summed E-state index contributed by atoms with van der Waals surface area (Å²) >= 11 is 11.4. The van der Waals surface area contributed by atoms with Gasteiger partial charge in [-0.1, -0.05) is 23.2 Å². The third-order valence-electron chi connectivity index (χ3n) is 2.03. The standard InChI is InChI=1S/C9H8Cl2N2O2/c10-7-1-5(2-12-8(7)11)9(14)13-6-3-15-4-6/h1-2,6H,3-4H2,(H,13,14). The smallest absolute Gasteiger partial charge is 0.253 e. The first-order valence-corrected chi connectivity index (χ1v) is 5.12. The maximum absolute atomic E-state index is 11.6. The molecule has 15 heavy (non-hydrogen) atoms. The number of rotatable bonds is 2. The summed E-state index contributed by atoms with van der Waals surface area (Å²) in [6.07, 6.45) is 1.39. The maximum atomic E-state index is 11.6. The van der Waals surface area contributed by atoms with Gasteiger partial charge < -0.3 is 10.1 Å². The Balaban J connectivity index is 2.07. The third-order valence-corrected chi connectivity index (χ3v) is 2.72. The Morgan fingerprint density at radius 1 is 1.53 bits per heavy atom. The minimum Gasteiger partial charge on any atom is -0.377 e. The van der Waals surface area contributed by atoms with Crippen LogP contribution in [0.4, 0.5) is 0 Å². The molecule has 0 saturated carbocycles. The zero-order chi connectivity index (χ0) is 10.8. The SMILES string of the molecule is O=C(NC1COC1)c1cnc(Cl)c(Cl)c1. The van der Waals surface area contributed by atoms with E-state index < -0.39 is 0 Å². The van der Waals surface area contributed by atoms with Gasteiger partial charge in [-0.25, -0.2) is 4.98 Å². The molecule has 0 aromatic carbocycles. The molecule has 0 unspecified atom stereocenters. The number of aromatic nitrogens is 1. The first-order chi connectivity index (χ1) is 7.16. The topological polar surface area (TPSA) is 51.2 Å². The van der Waals surface area contributed by atoms with Gasteiger partial charge in [0.1, 0.15) is 5.15 Å². The van der Waals surface area contributed by atoms with Crippen LogP contribution < -0.4 is 5.32 Å². The molecule has 6 heteroatoms. The molecule has 1 aliphatic rings. The molecule has 1 aromatic rings. The average molecular weight is 247 g/mol. The number of halogens is 2. The van der Waals surface area contributed by atoms with E-state index in [1.807, 2.05) is 0 Å². The molecule has 1 saturated heterocycles. The van der Waals surface area contributed by atoms with Crippen LogP contribution >= 0.6 is 23.2 Å². The first kappa shape index (κ1) is 10.7. The Hall–Kier alpha value is -0.840. The lowest BCUT2D eigenvalue weighted by Gasteiger charge is -2.26. The molecule has 0 bridgehead atoms. The van der Waals surface area contributed by atoms with Gasteiger partial charge in [0.2, 0.25) is 0 Å². The highest BCUT2D eigenvalue weighted by molar-refractivity contribution is 6.41. The van der Waals surface area contributed by atoms with E-state index in [-0.39, 0.29) is 22.1 Å². The maximum Gasteiger partial charge on any atom is 0.253 e. The highest BCUT2D eigenvalue weighted by Gasteiger charge is 2.21. The molecule has 0 spiro atoms. The van der Waals surface area contributed by atoms with Crippen LogP contribution in [0.5, 0.6) is 0 Å². The van der Waals surface area contributed by atoms with Crippen LogP contribution in [0.1, 0.15) is 10.4 Å². The Labute approximate surface area is 96.5 Å². The van der Waals surface area contributed by atoms with E-state index in [0.717, 1.165) is 0 Å². The minimum atomic E-state index is -0.214. The average Bonchev–Trinajstić information content (AvgIpc) is 2.15. The van der Waals surface area contributed by atoms with Crippen molar-refractivity contribution in [3.63, 3.8) is 0 Å². The largest absolute Gasteiger partial charge is 0.377 e. The van der Waals surface area contributed by atoms with Crippen LogP contribution in [0.2, 0.25) is 10.2 Å². The normalized spacial score (nSPS) is 15.9. The number of nitrogens with zero attached hydrogens (tertiary/aromatic N) is 1. The van der Waals surface area contributed by atoms with Crippen LogP contribution in [0.25, 0.3) is 0 Å². The van der Waals surface area contributed by atoms with E-state index in [9.17, 15) is 4.79 Å². The molecule has 1 fully saturated rings. The van der Waals surface area contributed by atoms with Crippen molar-refractivity contribution in [3.05, 3.63) is 28.0 Å². The number of ether oxygens (including phenoxy) is 1. The Bertz CT molecular complexity index is 394. The van der Waals surface area contributed by atoms with Crippen LogP contribution in [0.15, 0.2) is 12.3 Å². The number of carbonyl (C=O) groups excluding carboxylic acids is 1. The molecule has 0 aliphatic carbocycles. The van der Waals surface area contributed by atoms with Crippen molar-refractivity contribution in [1.29, 1.82) is 0 Å². The van der Waals surface area contributed by atoms with Crippen LogP contribution in [0, 0.1) is 0 Å². The molecule has 80 valence electrons. The van der Waals surface area contributed by atoms with Gasteiger partial charge in [-0.05, 0) is 6.07 Å². The molecular formula is C9H8Cl2N2O2. The van der Waals surface area contributed by atoms with Crippen molar-refractivity contribution in [3.8, 4) is 0 Å². The van der Waals surface area contributed by atoms with E-state index in [1.165, 1.54) is 12.3 Å². The molecule has 1 N–H and O–H groups in total. The highest BCUT2D eigenvalue weighted by atomic mass is 35.5. The van der Waals surface area contributed by atoms with E-state index in [4.69, 9.17) is 27.9 Å². The van der Waals surface area contributed by atoms with Crippen LogP contribution in [-0.2, 0) is 4.74 Å². The summed E-state index contributed by atoms with van der Waals surface area (Å²) in [6.45, 7) is 1.11. The van der Waals surface area contributed by atoms with Crippen molar-refractivity contribution in [2.45, 2.75) is 6.04 Å². The van der Waals surface area contributed by atoms with Crippen molar-refractivity contribution in [2.24, 2.45) is 0 Å². The summed E-state index contributed by atoms with van der Waals surface area (Å²) in [5.74, 6) is -0.214. The van der Waals surface area contributed by atoms with Crippen molar-refractivity contribution >= 4 is 29.1 Å². The fraction of sp³-hybridized carbons (Fsp3) is 0.333. The highest BCUT2D eigenvalue weighted by Crippen LogP contribution is 2.19. The van der Waals surface area contributed by atoms with Gasteiger partial charge in [0.25, 0.3) is 5.91 Å². The lowest BCUT2D eigenvalue weighted by molar-refractivity contribution is -0.00346. The summed E-state index contributed by atoms with van der Waals surface area (Å²) in [7, 11) is 0. The van der Waals surface area contributed by atoms with Crippen molar-refractivity contribution < 1.29 is 9.53 Å². The number of nitrogens with one attached hydrogen (secondary N) is 1. The van der Waals surface area contributed by atoms with Crippen molar-refractivity contribution in [2.75, 3.05) is 13.2 Å². The molecule has 1 amide bonds. The summed E-state index contributed by atoms with van der Waals surface area (Å²) in [4.78, 5) is 15.4. The second-order valence-electron chi connectivity index (χ2n) is 3.20. The lowest BCUT2D eigenvalue weighted by atomic mass is 10.2. The predicted octanol–water partition coefficient (Wildman–Crippen LogP) is 1.52. The van der Waals surface area contributed by atoms with Gasteiger partial charge in [-0.3, -0.25) is 4.79 Å². The minimum absolute atomic E-state index is 0.0898. The Morgan fingerprint density at radius 3 is 2.80 bits per heavy atom. The molecule has 0 radical (unpaired) electrons. The summed E-state index contributed by atoms with van der Waals surface area (Å²) in [5.41, 5.74) is 0.399. The second-order valence-corrected chi connectivity index (χ2v) is 3.97. The van der Waals surface area contributed by atoms with E-state index in [1.54, 1.807) is 0 Å². The molecule has 2 heterocycles. The molecule has 1 aromatic heterocycles. The predicted molar refractivity (Wildman–Crippen MR) is 56.3 cm³/mol. The molecule has 2 rings (SSSR count). The fourth-order valence-corrected chi connectivity index (χ4v) is 1.40. The van der Waals surface area contributed by atoms with E-state index >= 15 is 0 Å². The van der Waals surface area contributed by atoms with E-state index in [2.05, 4.69) is 10.3 Å². The number of hydrogen-bond donors (Lipinski definition) is 1. The summed E-state index contributed by atoms with van der Waals surface area (Å²) in [5, 5.41) is 3.24. The van der Waals surface area contributed by atoms with Gasteiger partial charge in [-0.15, -0.1) is 0 Å². The molecule has 1 aliphatic heterocycles. The quantitative estimate of drug-likeness (QED) is 0.806. The number of hydrogen-bond acceptors (Lipinski definition) is 3. The Kier molecular flexibility index (Phi) is 3.09. The second kappa shape index (κ2) is 4.35. The first-order valence-electron chi connectivity index (χ1n) is 4.36.